The Kier molecular flexibility index (Phi) is 11.4. The van der Waals surface area contributed by atoms with E-state index in [1.54, 1.807) is 7.11 Å². The molecule has 0 bridgehead atoms. The Bertz CT molecular complexity index is 311. The van der Waals surface area contributed by atoms with Crippen molar-refractivity contribution < 1.29 is 9.53 Å². The molecule has 2 aliphatic heterocycles. The summed E-state index contributed by atoms with van der Waals surface area (Å²) >= 11 is 0. The van der Waals surface area contributed by atoms with Gasteiger partial charge in [-0.25, -0.2) is 0 Å². The number of methoxy groups -OCH3 is 1. The molecule has 2 aliphatic rings. The molecule has 2 atom stereocenters. The highest BCUT2D eigenvalue weighted by Crippen LogP contribution is 2.20. The lowest BCUT2D eigenvalue weighted by Gasteiger charge is -2.29. The number of carbonyl (C=O) groups excluding carboxylic acids is 1. The average Bonchev–Trinajstić information content (AvgIpc) is 2.94. The van der Waals surface area contributed by atoms with Gasteiger partial charge < -0.3 is 20.3 Å². The standard InChI is InChI=1S/C15H29N3O2.2ClH/c1-20-14(10-16)9-15(19)18-8-5-13(12-18)11-17-6-3-2-4-7-17;;/h13-14H,2-12,16H2,1H3;2*1H. The number of likely N-dealkylation sites (tertiary alicyclic amines) is 2. The van der Waals surface area contributed by atoms with Gasteiger partial charge in [0.05, 0.1) is 12.5 Å². The van der Waals surface area contributed by atoms with E-state index < -0.39 is 0 Å². The van der Waals surface area contributed by atoms with Gasteiger partial charge in [0.15, 0.2) is 0 Å². The molecule has 2 rings (SSSR count). The van der Waals surface area contributed by atoms with Gasteiger partial charge in [0.2, 0.25) is 5.91 Å². The van der Waals surface area contributed by atoms with E-state index in [2.05, 4.69) is 4.90 Å². The van der Waals surface area contributed by atoms with Crippen LogP contribution in [0.15, 0.2) is 0 Å². The number of carbonyl (C=O) groups is 1. The number of nitrogens with zero attached hydrogens (tertiary/aromatic N) is 2. The minimum Gasteiger partial charge on any atom is -0.380 e. The summed E-state index contributed by atoms with van der Waals surface area (Å²) in [6, 6.07) is 0. The van der Waals surface area contributed by atoms with Crippen LogP contribution in [0.3, 0.4) is 0 Å². The van der Waals surface area contributed by atoms with E-state index in [0.717, 1.165) is 26.1 Å². The van der Waals surface area contributed by atoms with Gasteiger partial charge in [0.1, 0.15) is 0 Å². The summed E-state index contributed by atoms with van der Waals surface area (Å²) in [6.45, 7) is 5.86. The van der Waals surface area contributed by atoms with E-state index in [1.807, 2.05) is 4.90 Å². The van der Waals surface area contributed by atoms with Crippen molar-refractivity contribution in [2.24, 2.45) is 11.7 Å². The summed E-state index contributed by atoms with van der Waals surface area (Å²) in [5, 5.41) is 0. The molecule has 0 aromatic rings. The Morgan fingerprint density at radius 1 is 1.23 bits per heavy atom. The van der Waals surface area contributed by atoms with Crippen molar-refractivity contribution in [2.45, 2.75) is 38.2 Å². The first-order valence-corrected chi connectivity index (χ1v) is 7.96. The molecule has 0 spiro atoms. The van der Waals surface area contributed by atoms with E-state index in [1.165, 1.54) is 32.4 Å². The van der Waals surface area contributed by atoms with E-state index in [-0.39, 0.29) is 36.8 Å². The molecule has 0 aromatic heterocycles. The topological polar surface area (TPSA) is 58.8 Å². The summed E-state index contributed by atoms with van der Waals surface area (Å²) in [4.78, 5) is 16.8. The van der Waals surface area contributed by atoms with E-state index in [0.29, 0.717) is 18.9 Å². The van der Waals surface area contributed by atoms with Crippen LogP contribution in [0.5, 0.6) is 0 Å². The van der Waals surface area contributed by atoms with Gasteiger partial charge in [-0.05, 0) is 38.3 Å². The van der Waals surface area contributed by atoms with Gasteiger partial charge in [-0.2, -0.15) is 0 Å². The number of amides is 1. The minimum atomic E-state index is -0.136. The van der Waals surface area contributed by atoms with E-state index in [4.69, 9.17) is 10.5 Å². The van der Waals surface area contributed by atoms with Gasteiger partial charge in [-0.1, -0.05) is 6.42 Å². The monoisotopic (exact) mass is 355 g/mol. The van der Waals surface area contributed by atoms with Crippen molar-refractivity contribution in [3.63, 3.8) is 0 Å². The normalized spacial score (nSPS) is 23.5. The SMILES string of the molecule is COC(CN)CC(=O)N1CCC(CN2CCCCC2)C1.Cl.Cl. The van der Waals surface area contributed by atoms with Crippen molar-refractivity contribution in [2.75, 3.05) is 46.4 Å². The molecule has 22 heavy (non-hydrogen) atoms. The first-order valence-electron chi connectivity index (χ1n) is 7.96. The molecular formula is C15H31Cl2N3O2. The Morgan fingerprint density at radius 2 is 1.91 bits per heavy atom. The fourth-order valence-electron chi connectivity index (χ4n) is 3.30. The second kappa shape index (κ2) is 11.5. The van der Waals surface area contributed by atoms with E-state index in [9.17, 15) is 4.79 Å². The second-order valence-corrected chi connectivity index (χ2v) is 6.15. The van der Waals surface area contributed by atoms with Crippen LogP contribution >= 0.6 is 24.8 Å². The number of hydrogen-bond acceptors (Lipinski definition) is 4. The molecule has 2 unspecified atom stereocenters. The number of piperidine rings is 1. The molecule has 2 saturated heterocycles. The van der Waals surface area contributed by atoms with Gasteiger partial charge in [0, 0.05) is 33.3 Å². The van der Waals surface area contributed by atoms with Crippen molar-refractivity contribution >= 4 is 30.7 Å². The maximum absolute atomic E-state index is 12.2. The van der Waals surface area contributed by atoms with Gasteiger partial charge in [-0.15, -0.1) is 24.8 Å². The Balaban J connectivity index is 0.00000220. The highest BCUT2D eigenvalue weighted by atomic mass is 35.5. The van der Waals surface area contributed by atoms with Gasteiger partial charge >= 0.3 is 0 Å². The third kappa shape index (κ3) is 6.59. The van der Waals surface area contributed by atoms with Gasteiger partial charge in [0.25, 0.3) is 0 Å². The highest BCUT2D eigenvalue weighted by molar-refractivity contribution is 5.85. The quantitative estimate of drug-likeness (QED) is 0.784. The number of halogens is 2. The molecule has 0 aromatic carbocycles. The first kappa shape index (κ1) is 21.9. The summed E-state index contributed by atoms with van der Waals surface area (Å²) in [6.07, 6.45) is 5.47. The highest BCUT2D eigenvalue weighted by Gasteiger charge is 2.28. The zero-order valence-corrected chi connectivity index (χ0v) is 15.2. The second-order valence-electron chi connectivity index (χ2n) is 6.15. The molecule has 2 fully saturated rings. The summed E-state index contributed by atoms with van der Waals surface area (Å²) in [7, 11) is 1.62. The maximum atomic E-state index is 12.2. The number of nitrogens with two attached hydrogens (primary N) is 1. The lowest BCUT2D eigenvalue weighted by molar-refractivity contribution is -0.132. The maximum Gasteiger partial charge on any atom is 0.225 e. The minimum absolute atomic E-state index is 0. The van der Waals surface area contributed by atoms with Crippen LogP contribution in [0.1, 0.15) is 32.1 Å². The van der Waals surface area contributed by atoms with Crippen LogP contribution in [0, 0.1) is 5.92 Å². The molecule has 0 saturated carbocycles. The van der Waals surface area contributed by atoms with Crippen molar-refractivity contribution in [1.29, 1.82) is 0 Å². The zero-order chi connectivity index (χ0) is 14.4. The van der Waals surface area contributed by atoms with Crippen molar-refractivity contribution in [3.8, 4) is 0 Å². The van der Waals surface area contributed by atoms with Crippen LogP contribution in [0.4, 0.5) is 0 Å². The summed E-state index contributed by atoms with van der Waals surface area (Å²) < 4.78 is 5.20. The molecule has 1 amide bonds. The third-order valence-corrected chi connectivity index (χ3v) is 4.60. The van der Waals surface area contributed by atoms with Crippen LogP contribution in [0.25, 0.3) is 0 Å². The van der Waals surface area contributed by atoms with Crippen LogP contribution in [-0.4, -0.2) is 68.2 Å². The van der Waals surface area contributed by atoms with Crippen molar-refractivity contribution in [3.05, 3.63) is 0 Å². The number of ether oxygens (including phenoxy) is 1. The predicted octanol–water partition coefficient (Wildman–Crippen LogP) is 1.53. The zero-order valence-electron chi connectivity index (χ0n) is 13.5. The Labute approximate surface area is 146 Å². The molecular weight excluding hydrogens is 325 g/mol. The van der Waals surface area contributed by atoms with Crippen LogP contribution < -0.4 is 5.73 Å². The third-order valence-electron chi connectivity index (χ3n) is 4.60. The van der Waals surface area contributed by atoms with Gasteiger partial charge in [-0.3, -0.25) is 4.79 Å². The van der Waals surface area contributed by atoms with Crippen molar-refractivity contribution in [1.82, 2.24) is 9.80 Å². The van der Waals surface area contributed by atoms with E-state index >= 15 is 0 Å². The first-order chi connectivity index (χ1) is 9.72. The summed E-state index contributed by atoms with van der Waals surface area (Å²) in [5.41, 5.74) is 5.58. The summed E-state index contributed by atoms with van der Waals surface area (Å²) in [5.74, 6) is 0.847. The lowest BCUT2D eigenvalue weighted by atomic mass is 10.1. The smallest absolute Gasteiger partial charge is 0.225 e. The fourth-order valence-corrected chi connectivity index (χ4v) is 3.30. The molecule has 7 heteroatoms. The molecule has 5 nitrogen and oxygen atoms in total. The number of hydrogen-bond donors (Lipinski definition) is 1. The van der Waals surface area contributed by atoms with Crippen LogP contribution in [0.2, 0.25) is 0 Å². The van der Waals surface area contributed by atoms with Crippen LogP contribution in [-0.2, 0) is 9.53 Å². The lowest BCUT2D eigenvalue weighted by Crippen LogP contribution is -2.37. The Morgan fingerprint density at radius 3 is 2.50 bits per heavy atom. The largest absolute Gasteiger partial charge is 0.380 e. The molecule has 0 aliphatic carbocycles. The molecule has 132 valence electrons. The Hall–Kier alpha value is -0.0700. The molecule has 2 heterocycles. The predicted molar refractivity (Wildman–Crippen MR) is 93.9 cm³/mol. The number of rotatable bonds is 6. The average molecular weight is 356 g/mol. The molecule has 0 radical (unpaired) electrons. The molecule has 2 N–H and O–H groups in total. The fraction of sp³-hybridized carbons (Fsp3) is 0.933.